The van der Waals surface area contributed by atoms with Crippen LogP contribution in [0, 0.1) is 10.1 Å². The van der Waals surface area contributed by atoms with Crippen LogP contribution in [0.15, 0.2) is 28.9 Å². The van der Waals surface area contributed by atoms with E-state index in [1.54, 1.807) is 12.3 Å². The zero-order valence-electron chi connectivity index (χ0n) is 12.3. The number of ether oxygens (including phenoxy) is 1. The van der Waals surface area contributed by atoms with Gasteiger partial charge in [0.05, 0.1) is 30.1 Å². The summed E-state index contributed by atoms with van der Waals surface area (Å²) in [4.78, 5) is 13.0. The van der Waals surface area contributed by atoms with Crippen molar-refractivity contribution in [3.05, 3.63) is 34.6 Å². The molecule has 1 aliphatic rings. The van der Waals surface area contributed by atoms with Gasteiger partial charge in [0.25, 0.3) is 5.69 Å². The summed E-state index contributed by atoms with van der Waals surface area (Å²) in [5, 5.41) is 15.0. The molecular formula is C15H19N3O4. The Bertz CT molecular complexity index is 649. The van der Waals surface area contributed by atoms with Crippen molar-refractivity contribution < 1.29 is 14.1 Å². The third kappa shape index (κ3) is 3.37. The van der Waals surface area contributed by atoms with Crippen LogP contribution < -0.4 is 5.32 Å². The molecule has 22 heavy (non-hydrogen) atoms. The predicted molar refractivity (Wildman–Crippen MR) is 83.2 cm³/mol. The molecule has 1 aliphatic heterocycles. The molecule has 7 heteroatoms. The van der Waals surface area contributed by atoms with Gasteiger partial charge in [0, 0.05) is 37.2 Å². The number of nitrogens with one attached hydrogen (secondary N) is 1. The van der Waals surface area contributed by atoms with Gasteiger partial charge in [-0.25, -0.2) is 0 Å². The molecule has 0 bridgehead atoms. The van der Waals surface area contributed by atoms with Crippen LogP contribution in [0.5, 0.6) is 0 Å². The molecule has 0 amide bonds. The number of furan rings is 1. The highest BCUT2D eigenvalue weighted by molar-refractivity contribution is 5.91. The predicted octanol–water partition coefficient (Wildman–Crippen LogP) is 2.48. The fourth-order valence-corrected chi connectivity index (χ4v) is 2.65. The second-order valence-electron chi connectivity index (χ2n) is 5.32. The minimum Gasteiger partial charge on any atom is -0.462 e. The van der Waals surface area contributed by atoms with Crippen molar-refractivity contribution in [1.82, 2.24) is 4.90 Å². The first kappa shape index (κ1) is 14.8. The normalized spacial score (nSPS) is 16.0. The summed E-state index contributed by atoms with van der Waals surface area (Å²) in [6.45, 7) is 5.27. The van der Waals surface area contributed by atoms with Gasteiger partial charge in [0.1, 0.15) is 0 Å². The van der Waals surface area contributed by atoms with Crippen molar-refractivity contribution >= 4 is 22.3 Å². The Morgan fingerprint density at radius 1 is 1.32 bits per heavy atom. The number of benzene rings is 1. The fourth-order valence-electron chi connectivity index (χ4n) is 2.65. The SMILES string of the molecule is O=[N+]([O-])c1cc(NCCCN2CCOCC2)c2occc2c1. The topological polar surface area (TPSA) is 80.8 Å². The van der Waals surface area contributed by atoms with Crippen LogP contribution in [0.3, 0.4) is 0 Å². The number of nitrogens with zero attached hydrogens (tertiary/aromatic N) is 2. The molecule has 0 atom stereocenters. The van der Waals surface area contributed by atoms with Crippen molar-refractivity contribution in [1.29, 1.82) is 0 Å². The molecule has 3 rings (SSSR count). The minimum absolute atomic E-state index is 0.0737. The Balaban J connectivity index is 1.60. The van der Waals surface area contributed by atoms with E-state index in [1.165, 1.54) is 12.1 Å². The van der Waals surface area contributed by atoms with Gasteiger partial charge < -0.3 is 14.5 Å². The molecule has 1 aromatic carbocycles. The van der Waals surface area contributed by atoms with Crippen LogP contribution in [0.25, 0.3) is 11.0 Å². The van der Waals surface area contributed by atoms with E-state index in [1.807, 2.05) is 0 Å². The van der Waals surface area contributed by atoms with E-state index in [4.69, 9.17) is 9.15 Å². The second-order valence-corrected chi connectivity index (χ2v) is 5.32. The Hall–Kier alpha value is -2.12. The maximum absolute atomic E-state index is 11.0. The summed E-state index contributed by atoms with van der Waals surface area (Å²) in [6, 6.07) is 4.79. The minimum atomic E-state index is -0.384. The Morgan fingerprint density at radius 2 is 2.14 bits per heavy atom. The number of morpholine rings is 1. The van der Waals surface area contributed by atoms with Gasteiger partial charge in [-0.15, -0.1) is 0 Å². The Kier molecular flexibility index (Phi) is 4.55. The van der Waals surface area contributed by atoms with E-state index in [-0.39, 0.29) is 10.6 Å². The van der Waals surface area contributed by atoms with Gasteiger partial charge in [-0.05, 0) is 19.0 Å². The smallest absolute Gasteiger partial charge is 0.272 e. The van der Waals surface area contributed by atoms with Crippen molar-refractivity contribution in [2.75, 3.05) is 44.7 Å². The number of nitro benzene ring substituents is 1. The summed E-state index contributed by atoms with van der Waals surface area (Å²) >= 11 is 0. The highest BCUT2D eigenvalue weighted by Crippen LogP contribution is 2.30. The lowest BCUT2D eigenvalue weighted by atomic mass is 10.2. The molecule has 1 fully saturated rings. The van der Waals surface area contributed by atoms with Crippen molar-refractivity contribution in [3.63, 3.8) is 0 Å². The number of fused-ring (bicyclic) bond motifs is 1. The lowest BCUT2D eigenvalue weighted by molar-refractivity contribution is -0.384. The van der Waals surface area contributed by atoms with Crippen molar-refractivity contribution in [2.45, 2.75) is 6.42 Å². The van der Waals surface area contributed by atoms with Gasteiger partial charge in [0.2, 0.25) is 0 Å². The molecule has 0 aliphatic carbocycles. The number of non-ortho nitro benzene ring substituents is 1. The van der Waals surface area contributed by atoms with E-state index in [0.717, 1.165) is 51.2 Å². The van der Waals surface area contributed by atoms with Crippen molar-refractivity contribution in [3.8, 4) is 0 Å². The fraction of sp³-hybridized carbons (Fsp3) is 0.467. The second kappa shape index (κ2) is 6.76. The quantitative estimate of drug-likeness (QED) is 0.501. The average Bonchev–Trinajstić information content (AvgIpc) is 3.01. The maximum atomic E-state index is 11.0. The Labute approximate surface area is 128 Å². The maximum Gasteiger partial charge on any atom is 0.272 e. The molecule has 0 saturated carbocycles. The van der Waals surface area contributed by atoms with Crippen LogP contribution in [0.2, 0.25) is 0 Å². The van der Waals surface area contributed by atoms with Crippen LogP contribution in [-0.2, 0) is 4.74 Å². The molecule has 0 spiro atoms. The summed E-state index contributed by atoms with van der Waals surface area (Å²) < 4.78 is 10.7. The van der Waals surface area contributed by atoms with Gasteiger partial charge in [-0.2, -0.15) is 0 Å². The molecule has 1 N–H and O–H groups in total. The molecule has 7 nitrogen and oxygen atoms in total. The van der Waals surface area contributed by atoms with Crippen LogP contribution >= 0.6 is 0 Å². The molecule has 2 aromatic rings. The van der Waals surface area contributed by atoms with Gasteiger partial charge in [0.15, 0.2) is 5.58 Å². The van der Waals surface area contributed by atoms with Gasteiger partial charge in [-0.3, -0.25) is 15.0 Å². The van der Waals surface area contributed by atoms with E-state index >= 15 is 0 Å². The summed E-state index contributed by atoms with van der Waals surface area (Å²) in [7, 11) is 0. The van der Waals surface area contributed by atoms with E-state index < -0.39 is 0 Å². The number of anilines is 1. The zero-order valence-corrected chi connectivity index (χ0v) is 12.3. The number of nitro groups is 1. The molecule has 2 heterocycles. The highest BCUT2D eigenvalue weighted by Gasteiger charge is 2.14. The lowest BCUT2D eigenvalue weighted by Gasteiger charge is -2.26. The first-order valence-electron chi connectivity index (χ1n) is 7.43. The van der Waals surface area contributed by atoms with E-state index in [2.05, 4.69) is 10.2 Å². The molecule has 1 aromatic heterocycles. The number of hydrogen-bond acceptors (Lipinski definition) is 6. The standard InChI is InChI=1S/C15H19N3O4/c19-18(20)13-10-12-2-7-22-15(12)14(11-13)16-3-1-4-17-5-8-21-9-6-17/h2,7,10-11,16H,1,3-6,8-9H2. The summed E-state index contributed by atoms with van der Waals surface area (Å²) in [5.41, 5.74) is 1.41. The third-order valence-corrected chi connectivity index (χ3v) is 3.82. The van der Waals surface area contributed by atoms with Crippen LogP contribution in [-0.4, -0.2) is 49.2 Å². The molecule has 118 valence electrons. The Morgan fingerprint density at radius 3 is 2.91 bits per heavy atom. The monoisotopic (exact) mass is 305 g/mol. The summed E-state index contributed by atoms with van der Waals surface area (Å²) in [5.74, 6) is 0. The van der Waals surface area contributed by atoms with Crippen LogP contribution in [0.1, 0.15) is 6.42 Å². The number of rotatable bonds is 6. The average molecular weight is 305 g/mol. The zero-order chi connectivity index (χ0) is 15.4. The summed E-state index contributed by atoms with van der Waals surface area (Å²) in [6.07, 6.45) is 2.51. The molecular weight excluding hydrogens is 286 g/mol. The molecule has 0 radical (unpaired) electrons. The van der Waals surface area contributed by atoms with Crippen LogP contribution in [0.4, 0.5) is 11.4 Å². The molecule has 1 saturated heterocycles. The third-order valence-electron chi connectivity index (χ3n) is 3.82. The highest BCUT2D eigenvalue weighted by atomic mass is 16.6. The van der Waals surface area contributed by atoms with Gasteiger partial charge in [-0.1, -0.05) is 0 Å². The largest absolute Gasteiger partial charge is 0.462 e. The van der Waals surface area contributed by atoms with E-state index in [9.17, 15) is 10.1 Å². The van der Waals surface area contributed by atoms with Gasteiger partial charge >= 0.3 is 0 Å². The lowest BCUT2D eigenvalue weighted by Crippen LogP contribution is -2.37. The molecule has 0 unspecified atom stereocenters. The number of hydrogen-bond donors (Lipinski definition) is 1. The van der Waals surface area contributed by atoms with Crippen molar-refractivity contribution in [2.24, 2.45) is 0 Å². The first-order chi connectivity index (χ1) is 10.7. The van der Waals surface area contributed by atoms with E-state index in [0.29, 0.717) is 11.3 Å². The first-order valence-corrected chi connectivity index (χ1v) is 7.43.